The van der Waals surface area contributed by atoms with Crippen molar-refractivity contribution >= 4 is 11.7 Å². The van der Waals surface area contributed by atoms with Crippen molar-refractivity contribution in [1.82, 2.24) is 10.6 Å². The van der Waals surface area contributed by atoms with Gasteiger partial charge in [0.25, 0.3) is 0 Å². The Labute approximate surface area is 72.7 Å². The summed E-state index contributed by atoms with van der Waals surface area (Å²) in [6, 6.07) is -0.387. The van der Waals surface area contributed by atoms with Crippen molar-refractivity contribution in [2.24, 2.45) is 0 Å². The van der Waals surface area contributed by atoms with E-state index < -0.39 is 0 Å². The third-order valence-electron chi connectivity index (χ3n) is 1.74. The second kappa shape index (κ2) is 5.71. The first-order valence-corrected chi connectivity index (χ1v) is 4.06. The molecule has 0 fully saturated rings. The summed E-state index contributed by atoms with van der Waals surface area (Å²) in [5.74, 6) is -0.0442. The van der Waals surface area contributed by atoms with Crippen molar-refractivity contribution in [3.63, 3.8) is 0 Å². The van der Waals surface area contributed by atoms with Gasteiger partial charge in [0.2, 0.25) is 5.91 Å². The van der Waals surface area contributed by atoms with Crippen LogP contribution in [0.5, 0.6) is 0 Å². The molecule has 0 rings (SSSR count). The SMILES string of the molecule is CCC(=O)CC(NC)C(=O)NC. The zero-order valence-electron chi connectivity index (χ0n) is 7.81. The van der Waals surface area contributed by atoms with Crippen LogP contribution in [0.1, 0.15) is 19.8 Å². The van der Waals surface area contributed by atoms with E-state index in [2.05, 4.69) is 10.6 Å². The molecule has 0 aromatic carbocycles. The van der Waals surface area contributed by atoms with Crippen LogP contribution in [0.15, 0.2) is 0 Å². The van der Waals surface area contributed by atoms with E-state index in [1.807, 2.05) is 0 Å². The second-order valence-electron chi connectivity index (χ2n) is 2.55. The van der Waals surface area contributed by atoms with Gasteiger partial charge in [-0.1, -0.05) is 6.92 Å². The van der Waals surface area contributed by atoms with Gasteiger partial charge < -0.3 is 10.6 Å². The zero-order valence-corrected chi connectivity index (χ0v) is 7.81. The van der Waals surface area contributed by atoms with Crippen LogP contribution in [0.25, 0.3) is 0 Å². The van der Waals surface area contributed by atoms with Crippen LogP contribution >= 0.6 is 0 Å². The predicted molar refractivity (Wildman–Crippen MR) is 46.8 cm³/mol. The number of ketones is 1. The van der Waals surface area contributed by atoms with Gasteiger partial charge in [0, 0.05) is 19.9 Å². The molecule has 0 aliphatic carbocycles. The Morgan fingerprint density at radius 2 is 1.92 bits per heavy atom. The van der Waals surface area contributed by atoms with Crippen molar-refractivity contribution in [3.05, 3.63) is 0 Å². The highest BCUT2D eigenvalue weighted by Crippen LogP contribution is 1.95. The smallest absolute Gasteiger partial charge is 0.237 e. The first kappa shape index (κ1) is 11.1. The molecule has 0 saturated carbocycles. The van der Waals surface area contributed by atoms with Gasteiger partial charge in [-0.05, 0) is 7.05 Å². The standard InChI is InChI=1S/C8H16N2O2/c1-4-6(11)5-7(9-2)8(12)10-3/h7,9H,4-5H2,1-3H3,(H,10,12). The summed E-state index contributed by atoms with van der Waals surface area (Å²) >= 11 is 0. The van der Waals surface area contributed by atoms with Gasteiger partial charge >= 0.3 is 0 Å². The summed E-state index contributed by atoms with van der Waals surface area (Å²) in [5, 5.41) is 5.28. The number of rotatable bonds is 5. The molecule has 1 amide bonds. The Balaban J connectivity index is 3.99. The van der Waals surface area contributed by atoms with E-state index in [1.165, 1.54) is 0 Å². The minimum atomic E-state index is -0.387. The van der Waals surface area contributed by atoms with E-state index in [0.29, 0.717) is 6.42 Å². The minimum absolute atomic E-state index is 0.0953. The van der Waals surface area contributed by atoms with E-state index in [-0.39, 0.29) is 24.2 Å². The number of hydrogen-bond acceptors (Lipinski definition) is 3. The van der Waals surface area contributed by atoms with Crippen LogP contribution in [-0.2, 0) is 9.59 Å². The summed E-state index contributed by atoms with van der Waals surface area (Å²) in [6.07, 6.45) is 0.752. The van der Waals surface area contributed by atoms with E-state index in [9.17, 15) is 9.59 Å². The molecule has 0 heterocycles. The summed E-state index contributed by atoms with van der Waals surface area (Å²) in [6.45, 7) is 1.79. The molecule has 0 aliphatic rings. The third-order valence-corrected chi connectivity index (χ3v) is 1.74. The first-order valence-electron chi connectivity index (χ1n) is 4.06. The average Bonchev–Trinajstić information content (AvgIpc) is 2.12. The van der Waals surface area contributed by atoms with Crippen LogP contribution in [0.4, 0.5) is 0 Å². The van der Waals surface area contributed by atoms with Gasteiger partial charge in [-0.3, -0.25) is 9.59 Å². The second-order valence-corrected chi connectivity index (χ2v) is 2.55. The first-order chi connectivity index (χ1) is 5.65. The quantitative estimate of drug-likeness (QED) is 0.598. The number of amides is 1. The number of hydrogen-bond donors (Lipinski definition) is 2. The molecule has 0 saturated heterocycles. The number of nitrogens with one attached hydrogen (secondary N) is 2. The summed E-state index contributed by atoms with van der Waals surface area (Å²) < 4.78 is 0. The van der Waals surface area contributed by atoms with Crippen molar-refractivity contribution < 1.29 is 9.59 Å². The van der Waals surface area contributed by atoms with E-state index in [0.717, 1.165) is 0 Å². The molecule has 0 aliphatic heterocycles. The molecule has 1 atom stereocenters. The fraction of sp³-hybridized carbons (Fsp3) is 0.750. The Kier molecular flexibility index (Phi) is 5.28. The Morgan fingerprint density at radius 1 is 1.33 bits per heavy atom. The summed E-state index contributed by atoms with van der Waals surface area (Å²) in [7, 11) is 3.23. The lowest BCUT2D eigenvalue weighted by atomic mass is 10.1. The molecule has 12 heavy (non-hydrogen) atoms. The van der Waals surface area contributed by atoms with Gasteiger partial charge in [-0.2, -0.15) is 0 Å². The predicted octanol–water partition coefficient (Wildman–Crippen LogP) is -0.310. The molecule has 4 nitrogen and oxygen atoms in total. The topological polar surface area (TPSA) is 58.2 Å². The number of likely N-dealkylation sites (N-methyl/N-ethyl adjacent to an activating group) is 2. The number of carbonyl (C=O) groups excluding carboxylic acids is 2. The zero-order chi connectivity index (χ0) is 9.56. The molecular weight excluding hydrogens is 156 g/mol. The van der Waals surface area contributed by atoms with Crippen molar-refractivity contribution in [1.29, 1.82) is 0 Å². The lowest BCUT2D eigenvalue weighted by molar-refractivity contribution is -0.126. The molecule has 1 unspecified atom stereocenters. The molecule has 0 spiro atoms. The normalized spacial score (nSPS) is 12.2. The molecule has 0 bridgehead atoms. The molecule has 2 N–H and O–H groups in total. The number of carbonyl (C=O) groups is 2. The highest BCUT2D eigenvalue weighted by Gasteiger charge is 2.17. The Hall–Kier alpha value is -0.900. The summed E-state index contributed by atoms with van der Waals surface area (Å²) in [5.41, 5.74) is 0. The maximum Gasteiger partial charge on any atom is 0.237 e. The molecule has 4 heteroatoms. The fourth-order valence-electron chi connectivity index (χ4n) is 0.872. The van der Waals surface area contributed by atoms with E-state index in [1.54, 1.807) is 21.0 Å². The van der Waals surface area contributed by atoms with Crippen LogP contribution in [0, 0.1) is 0 Å². The molecule has 0 aromatic heterocycles. The van der Waals surface area contributed by atoms with E-state index in [4.69, 9.17) is 0 Å². The fourth-order valence-corrected chi connectivity index (χ4v) is 0.872. The molecular formula is C8H16N2O2. The van der Waals surface area contributed by atoms with Crippen LogP contribution in [-0.4, -0.2) is 31.8 Å². The molecule has 70 valence electrons. The van der Waals surface area contributed by atoms with Crippen molar-refractivity contribution in [3.8, 4) is 0 Å². The maximum atomic E-state index is 11.1. The highest BCUT2D eigenvalue weighted by atomic mass is 16.2. The lowest BCUT2D eigenvalue weighted by Gasteiger charge is -2.12. The summed E-state index contributed by atoms with van der Waals surface area (Å²) in [4.78, 5) is 22.1. The minimum Gasteiger partial charge on any atom is -0.358 e. The highest BCUT2D eigenvalue weighted by molar-refractivity contribution is 5.88. The van der Waals surface area contributed by atoms with Crippen molar-refractivity contribution in [2.45, 2.75) is 25.8 Å². The van der Waals surface area contributed by atoms with E-state index >= 15 is 0 Å². The Morgan fingerprint density at radius 3 is 2.25 bits per heavy atom. The Bertz CT molecular complexity index is 168. The molecule has 0 radical (unpaired) electrons. The van der Waals surface area contributed by atoms with Gasteiger partial charge in [-0.25, -0.2) is 0 Å². The largest absolute Gasteiger partial charge is 0.358 e. The monoisotopic (exact) mass is 172 g/mol. The van der Waals surface area contributed by atoms with Crippen LogP contribution in [0.2, 0.25) is 0 Å². The maximum absolute atomic E-state index is 11.1. The van der Waals surface area contributed by atoms with Gasteiger partial charge in [0.1, 0.15) is 5.78 Å². The lowest BCUT2D eigenvalue weighted by Crippen LogP contribution is -2.42. The van der Waals surface area contributed by atoms with Crippen molar-refractivity contribution in [2.75, 3.05) is 14.1 Å². The van der Waals surface area contributed by atoms with Gasteiger partial charge in [0.15, 0.2) is 0 Å². The van der Waals surface area contributed by atoms with Crippen LogP contribution in [0.3, 0.4) is 0 Å². The average molecular weight is 172 g/mol. The number of Topliss-reactive ketones (excluding diaryl/α,β-unsaturated/α-hetero) is 1. The van der Waals surface area contributed by atoms with Crippen LogP contribution < -0.4 is 10.6 Å². The van der Waals surface area contributed by atoms with Gasteiger partial charge in [0.05, 0.1) is 6.04 Å². The third kappa shape index (κ3) is 3.48. The molecule has 0 aromatic rings. The van der Waals surface area contributed by atoms with Gasteiger partial charge in [-0.15, -0.1) is 0 Å².